The van der Waals surface area contributed by atoms with E-state index in [9.17, 15) is 9.59 Å². The Morgan fingerprint density at radius 1 is 1.13 bits per heavy atom. The Morgan fingerprint density at radius 2 is 1.84 bits per heavy atom. The summed E-state index contributed by atoms with van der Waals surface area (Å²) < 4.78 is 0. The predicted octanol–water partition coefficient (Wildman–Crippen LogP) is 3.57. The molecule has 0 spiro atoms. The van der Waals surface area contributed by atoms with Crippen LogP contribution < -0.4 is 4.90 Å². The van der Waals surface area contributed by atoms with Crippen LogP contribution in [0.2, 0.25) is 5.15 Å². The first-order valence-corrected chi connectivity index (χ1v) is 11.8. The molecule has 1 aromatic carbocycles. The molecule has 0 unspecified atom stereocenters. The summed E-state index contributed by atoms with van der Waals surface area (Å²) in [5.74, 6) is 1.49. The molecule has 31 heavy (non-hydrogen) atoms. The Balaban J connectivity index is 1.64. The summed E-state index contributed by atoms with van der Waals surface area (Å²) >= 11 is 7.69. The van der Waals surface area contributed by atoms with Crippen molar-refractivity contribution in [2.45, 2.75) is 31.2 Å². The van der Waals surface area contributed by atoms with E-state index in [0.717, 1.165) is 24.3 Å². The third-order valence-corrected chi connectivity index (χ3v) is 6.28. The topological polar surface area (TPSA) is 69.6 Å². The number of amides is 2. The van der Waals surface area contributed by atoms with Crippen molar-refractivity contribution in [2.24, 2.45) is 0 Å². The first-order valence-electron chi connectivity index (χ1n) is 10.4. The maximum atomic E-state index is 12.9. The molecule has 0 bridgehead atoms. The highest BCUT2D eigenvalue weighted by atomic mass is 35.5. The minimum Gasteiger partial charge on any atom is -0.360 e. The van der Waals surface area contributed by atoms with E-state index in [4.69, 9.17) is 11.6 Å². The second-order valence-electron chi connectivity index (χ2n) is 7.54. The lowest BCUT2D eigenvalue weighted by atomic mass is 10.1. The van der Waals surface area contributed by atoms with Crippen LogP contribution >= 0.6 is 23.4 Å². The maximum absolute atomic E-state index is 12.9. The van der Waals surface area contributed by atoms with Crippen LogP contribution in [0, 0.1) is 0 Å². The van der Waals surface area contributed by atoms with Crippen molar-refractivity contribution >= 4 is 41.0 Å². The maximum Gasteiger partial charge on any atom is 0.253 e. The van der Waals surface area contributed by atoms with Gasteiger partial charge in [0.1, 0.15) is 11.0 Å². The van der Waals surface area contributed by atoms with E-state index >= 15 is 0 Å². The van der Waals surface area contributed by atoms with Crippen LogP contribution in [0.4, 0.5) is 5.82 Å². The number of hydrogen-bond donors (Lipinski definition) is 0. The molecule has 0 aliphatic carbocycles. The molecule has 7 nitrogen and oxygen atoms in total. The minimum atomic E-state index is -0.00228. The SMILES string of the molecule is CCCN(C)c1cc(Cl)nc(SCc2cccc(C(=O)N3CCN(C(C)=O)CC3)c2)n1. The quantitative estimate of drug-likeness (QED) is 0.356. The van der Waals surface area contributed by atoms with Crippen LogP contribution in [-0.2, 0) is 10.5 Å². The van der Waals surface area contributed by atoms with Gasteiger partial charge in [-0.05, 0) is 24.1 Å². The first-order chi connectivity index (χ1) is 14.9. The Kier molecular flexibility index (Phi) is 8.15. The molecule has 2 amide bonds. The van der Waals surface area contributed by atoms with Crippen LogP contribution in [-0.4, -0.2) is 71.4 Å². The number of carbonyl (C=O) groups is 2. The van der Waals surface area contributed by atoms with Crippen LogP contribution in [0.15, 0.2) is 35.5 Å². The van der Waals surface area contributed by atoms with Gasteiger partial charge in [0.05, 0.1) is 0 Å². The Hall–Kier alpha value is -2.32. The van der Waals surface area contributed by atoms with Crippen molar-refractivity contribution in [3.63, 3.8) is 0 Å². The van der Waals surface area contributed by atoms with E-state index in [1.165, 1.54) is 11.8 Å². The van der Waals surface area contributed by atoms with Crippen LogP contribution in [0.5, 0.6) is 0 Å². The second kappa shape index (κ2) is 10.8. The highest BCUT2D eigenvalue weighted by molar-refractivity contribution is 7.98. The highest BCUT2D eigenvalue weighted by Crippen LogP contribution is 2.25. The minimum absolute atomic E-state index is 0.00228. The summed E-state index contributed by atoms with van der Waals surface area (Å²) in [4.78, 5) is 39.0. The second-order valence-corrected chi connectivity index (χ2v) is 8.87. The summed E-state index contributed by atoms with van der Waals surface area (Å²) in [5.41, 5.74) is 1.68. The van der Waals surface area contributed by atoms with Crippen LogP contribution in [0.3, 0.4) is 0 Å². The van der Waals surface area contributed by atoms with Crippen LogP contribution in [0.25, 0.3) is 0 Å². The molecule has 1 aliphatic rings. The first kappa shape index (κ1) is 23.3. The number of benzene rings is 1. The van der Waals surface area contributed by atoms with Crippen molar-refractivity contribution in [3.05, 3.63) is 46.6 Å². The summed E-state index contributed by atoms with van der Waals surface area (Å²) in [7, 11) is 1.99. The van der Waals surface area contributed by atoms with Crippen molar-refractivity contribution in [2.75, 3.05) is 44.7 Å². The van der Waals surface area contributed by atoms with Gasteiger partial charge in [0.25, 0.3) is 5.91 Å². The molecule has 0 radical (unpaired) electrons. The number of halogens is 1. The molecular formula is C22H28ClN5O2S. The largest absolute Gasteiger partial charge is 0.360 e. The molecule has 166 valence electrons. The van der Waals surface area contributed by atoms with Gasteiger partial charge in [0.2, 0.25) is 5.91 Å². The van der Waals surface area contributed by atoms with Gasteiger partial charge in [0.15, 0.2) is 5.16 Å². The number of anilines is 1. The molecule has 3 rings (SSSR count). The zero-order valence-electron chi connectivity index (χ0n) is 18.2. The van der Waals surface area contributed by atoms with Gasteiger partial charge in [-0.1, -0.05) is 42.4 Å². The molecule has 9 heteroatoms. The molecule has 1 saturated heterocycles. The molecule has 1 aromatic heterocycles. The van der Waals surface area contributed by atoms with E-state index in [1.807, 2.05) is 36.2 Å². The summed E-state index contributed by atoms with van der Waals surface area (Å²) in [6.45, 7) is 6.85. The third kappa shape index (κ3) is 6.33. The molecule has 1 fully saturated rings. The van der Waals surface area contributed by atoms with Gasteiger partial charge in [-0.25, -0.2) is 9.97 Å². The van der Waals surface area contributed by atoms with Crippen molar-refractivity contribution < 1.29 is 9.59 Å². The number of nitrogens with zero attached hydrogens (tertiary/aromatic N) is 5. The van der Waals surface area contributed by atoms with E-state index in [0.29, 0.717) is 47.8 Å². The molecule has 0 atom stereocenters. The summed E-state index contributed by atoms with van der Waals surface area (Å²) in [6.07, 6.45) is 1.02. The summed E-state index contributed by atoms with van der Waals surface area (Å²) in [5, 5.41) is 1.03. The number of piperazine rings is 1. The number of rotatable bonds is 7. The van der Waals surface area contributed by atoms with E-state index < -0.39 is 0 Å². The van der Waals surface area contributed by atoms with Gasteiger partial charge in [-0.3, -0.25) is 9.59 Å². The molecule has 0 N–H and O–H groups in total. The van der Waals surface area contributed by atoms with E-state index in [1.54, 1.807) is 17.9 Å². The summed E-state index contributed by atoms with van der Waals surface area (Å²) in [6, 6.07) is 9.41. The number of thioether (sulfide) groups is 1. The lowest BCUT2D eigenvalue weighted by molar-refractivity contribution is -0.130. The highest BCUT2D eigenvalue weighted by Gasteiger charge is 2.23. The average Bonchev–Trinajstić information content (AvgIpc) is 2.77. The van der Waals surface area contributed by atoms with Crippen molar-refractivity contribution in [1.29, 1.82) is 0 Å². The predicted molar refractivity (Wildman–Crippen MR) is 125 cm³/mol. The Bertz CT molecular complexity index is 934. The van der Waals surface area contributed by atoms with Crippen molar-refractivity contribution in [1.82, 2.24) is 19.8 Å². The normalized spacial score (nSPS) is 13.9. The lowest BCUT2D eigenvalue weighted by Crippen LogP contribution is -2.50. The zero-order chi connectivity index (χ0) is 22.4. The van der Waals surface area contributed by atoms with E-state index in [2.05, 4.69) is 21.8 Å². The number of aromatic nitrogens is 2. The fourth-order valence-corrected chi connectivity index (χ4v) is 4.47. The smallest absolute Gasteiger partial charge is 0.253 e. The average molecular weight is 462 g/mol. The molecule has 2 heterocycles. The van der Waals surface area contributed by atoms with Gasteiger partial charge in [-0.15, -0.1) is 0 Å². The fraction of sp³-hybridized carbons (Fsp3) is 0.455. The molecule has 2 aromatic rings. The number of hydrogen-bond acceptors (Lipinski definition) is 6. The Morgan fingerprint density at radius 3 is 2.52 bits per heavy atom. The molecule has 1 aliphatic heterocycles. The third-order valence-electron chi connectivity index (χ3n) is 5.17. The van der Waals surface area contributed by atoms with Crippen LogP contribution in [0.1, 0.15) is 36.2 Å². The standard InChI is InChI=1S/C22H28ClN5O2S/c1-4-8-26(3)20-14-19(23)24-22(25-20)31-15-17-6-5-7-18(13-17)21(30)28-11-9-27(10-12-28)16(2)29/h5-7,13-14H,4,8-12,15H2,1-3H3. The number of carbonyl (C=O) groups excluding carboxylic acids is 2. The van der Waals surface area contributed by atoms with Gasteiger partial charge >= 0.3 is 0 Å². The van der Waals surface area contributed by atoms with Gasteiger partial charge in [-0.2, -0.15) is 0 Å². The zero-order valence-corrected chi connectivity index (χ0v) is 19.7. The van der Waals surface area contributed by atoms with Gasteiger partial charge in [0, 0.05) is 64.1 Å². The molecule has 0 saturated carbocycles. The fourth-order valence-electron chi connectivity index (χ4n) is 3.44. The van der Waals surface area contributed by atoms with Crippen molar-refractivity contribution in [3.8, 4) is 0 Å². The Labute approximate surface area is 192 Å². The van der Waals surface area contributed by atoms with E-state index in [-0.39, 0.29) is 11.8 Å². The lowest BCUT2D eigenvalue weighted by Gasteiger charge is -2.34. The molecular weight excluding hydrogens is 434 g/mol. The van der Waals surface area contributed by atoms with Gasteiger partial charge < -0.3 is 14.7 Å². The monoisotopic (exact) mass is 461 g/mol.